The van der Waals surface area contributed by atoms with Crippen LogP contribution in [-0.4, -0.2) is 18.0 Å². The molecule has 7 heteroatoms. The van der Waals surface area contributed by atoms with Gasteiger partial charge in [0.05, 0.1) is 6.21 Å². The minimum Gasteiger partial charge on any atom is -0.489 e. The quantitative estimate of drug-likeness (QED) is 0.298. The van der Waals surface area contributed by atoms with E-state index in [2.05, 4.69) is 29.7 Å². The zero-order chi connectivity index (χ0) is 22.9. The first-order chi connectivity index (χ1) is 15.4. The van der Waals surface area contributed by atoms with Gasteiger partial charge in [-0.3, -0.25) is 9.59 Å². The highest BCUT2D eigenvalue weighted by molar-refractivity contribution is 6.39. The van der Waals surface area contributed by atoms with Crippen LogP contribution in [0.2, 0.25) is 5.02 Å². The van der Waals surface area contributed by atoms with Crippen molar-refractivity contribution in [2.45, 2.75) is 26.4 Å². The summed E-state index contributed by atoms with van der Waals surface area (Å²) in [6.45, 7) is 4.60. The topological polar surface area (TPSA) is 79.8 Å². The summed E-state index contributed by atoms with van der Waals surface area (Å²) >= 11 is 5.87. The minimum atomic E-state index is -0.850. The van der Waals surface area contributed by atoms with Crippen molar-refractivity contribution < 1.29 is 14.3 Å². The lowest BCUT2D eigenvalue weighted by molar-refractivity contribution is -0.136. The molecule has 2 N–H and O–H groups in total. The third-order valence-corrected chi connectivity index (χ3v) is 4.87. The fourth-order valence-electron chi connectivity index (χ4n) is 2.75. The van der Waals surface area contributed by atoms with Gasteiger partial charge in [0.1, 0.15) is 12.4 Å². The molecule has 3 aromatic rings. The molecule has 0 aliphatic heterocycles. The molecule has 0 saturated heterocycles. The molecular weight excluding hydrogens is 426 g/mol. The number of carbonyl (C=O) groups is 2. The molecule has 32 heavy (non-hydrogen) atoms. The Kier molecular flexibility index (Phi) is 8.00. The highest BCUT2D eigenvalue weighted by atomic mass is 35.5. The third-order valence-electron chi connectivity index (χ3n) is 4.62. The van der Waals surface area contributed by atoms with E-state index in [9.17, 15) is 9.59 Å². The van der Waals surface area contributed by atoms with Crippen LogP contribution in [0, 0.1) is 0 Å². The SMILES string of the molecule is CC(C)c1ccc(NC(=O)C(=O)N/N=C\c2ccc(OCc3ccc(Cl)cc3)cc2)cc1. The van der Waals surface area contributed by atoms with Gasteiger partial charge in [-0.2, -0.15) is 5.10 Å². The Morgan fingerprint density at radius 3 is 2.22 bits per heavy atom. The lowest BCUT2D eigenvalue weighted by atomic mass is 10.0. The van der Waals surface area contributed by atoms with E-state index in [-0.39, 0.29) is 0 Å². The van der Waals surface area contributed by atoms with E-state index < -0.39 is 11.8 Å². The smallest absolute Gasteiger partial charge is 0.329 e. The normalized spacial score (nSPS) is 10.9. The van der Waals surface area contributed by atoms with Crippen molar-refractivity contribution in [2.24, 2.45) is 5.10 Å². The van der Waals surface area contributed by atoms with Crippen molar-refractivity contribution in [2.75, 3.05) is 5.32 Å². The summed E-state index contributed by atoms with van der Waals surface area (Å²) in [4.78, 5) is 23.9. The Labute approximate surface area is 192 Å². The van der Waals surface area contributed by atoms with Gasteiger partial charge in [0.15, 0.2) is 0 Å². The van der Waals surface area contributed by atoms with Gasteiger partial charge in [-0.1, -0.05) is 49.7 Å². The number of hydrogen-bond donors (Lipinski definition) is 2. The Hall–Kier alpha value is -3.64. The maximum atomic E-state index is 12.0. The van der Waals surface area contributed by atoms with Crippen LogP contribution < -0.4 is 15.5 Å². The molecule has 0 saturated carbocycles. The van der Waals surface area contributed by atoms with Crippen LogP contribution in [0.15, 0.2) is 77.9 Å². The van der Waals surface area contributed by atoms with Crippen LogP contribution in [0.25, 0.3) is 0 Å². The van der Waals surface area contributed by atoms with Gasteiger partial charge in [0, 0.05) is 10.7 Å². The molecule has 0 radical (unpaired) electrons. The second kappa shape index (κ2) is 11.1. The number of nitrogens with one attached hydrogen (secondary N) is 2. The van der Waals surface area contributed by atoms with Crippen LogP contribution in [0.5, 0.6) is 5.75 Å². The summed E-state index contributed by atoms with van der Waals surface area (Å²) < 4.78 is 5.73. The number of benzene rings is 3. The summed E-state index contributed by atoms with van der Waals surface area (Å²) in [6, 6.07) is 22.0. The molecule has 0 aliphatic carbocycles. The van der Waals surface area contributed by atoms with Gasteiger partial charge in [-0.15, -0.1) is 0 Å². The van der Waals surface area contributed by atoms with Crippen molar-refractivity contribution in [3.63, 3.8) is 0 Å². The van der Waals surface area contributed by atoms with Gasteiger partial charge < -0.3 is 10.1 Å². The maximum absolute atomic E-state index is 12.0. The van der Waals surface area contributed by atoms with Crippen molar-refractivity contribution in [3.8, 4) is 5.75 Å². The summed E-state index contributed by atoms with van der Waals surface area (Å²) in [6.07, 6.45) is 1.45. The molecule has 0 bridgehead atoms. The third kappa shape index (κ3) is 6.96. The van der Waals surface area contributed by atoms with E-state index >= 15 is 0 Å². The largest absolute Gasteiger partial charge is 0.489 e. The van der Waals surface area contributed by atoms with E-state index in [1.807, 2.05) is 36.4 Å². The summed E-state index contributed by atoms with van der Waals surface area (Å²) in [7, 11) is 0. The van der Waals surface area contributed by atoms with E-state index in [4.69, 9.17) is 16.3 Å². The average Bonchev–Trinajstić information content (AvgIpc) is 2.80. The second-order valence-electron chi connectivity index (χ2n) is 7.41. The number of amides is 2. The van der Waals surface area contributed by atoms with Gasteiger partial charge in [-0.05, 0) is 71.1 Å². The molecule has 2 amide bonds. The predicted molar refractivity (Wildman–Crippen MR) is 127 cm³/mol. The number of hydrogen-bond acceptors (Lipinski definition) is 4. The molecule has 0 spiro atoms. The number of halogens is 1. The second-order valence-corrected chi connectivity index (χ2v) is 7.85. The monoisotopic (exact) mass is 449 g/mol. The predicted octanol–water partition coefficient (Wildman–Crippen LogP) is 5.13. The molecule has 0 aliphatic rings. The molecule has 3 rings (SSSR count). The fraction of sp³-hybridized carbons (Fsp3) is 0.160. The van der Waals surface area contributed by atoms with E-state index in [0.717, 1.165) is 16.7 Å². The zero-order valence-electron chi connectivity index (χ0n) is 17.8. The molecule has 164 valence electrons. The number of ether oxygens (including phenoxy) is 1. The number of anilines is 1. The first-order valence-corrected chi connectivity index (χ1v) is 10.5. The lowest BCUT2D eigenvalue weighted by Crippen LogP contribution is -2.32. The highest BCUT2D eigenvalue weighted by Gasteiger charge is 2.13. The van der Waals surface area contributed by atoms with Gasteiger partial charge in [0.2, 0.25) is 0 Å². The van der Waals surface area contributed by atoms with Gasteiger partial charge in [-0.25, -0.2) is 5.43 Å². The number of rotatable bonds is 7. The van der Waals surface area contributed by atoms with Gasteiger partial charge >= 0.3 is 11.8 Å². The lowest BCUT2D eigenvalue weighted by Gasteiger charge is -2.08. The van der Waals surface area contributed by atoms with Crippen LogP contribution in [0.1, 0.15) is 36.5 Å². The van der Waals surface area contributed by atoms with Crippen LogP contribution in [0.4, 0.5) is 5.69 Å². The first kappa shape index (κ1) is 23.0. The van der Waals surface area contributed by atoms with E-state index in [1.165, 1.54) is 6.21 Å². The summed E-state index contributed by atoms with van der Waals surface area (Å²) in [5, 5.41) is 7.06. The highest BCUT2D eigenvalue weighted by Crippen LogP contribution is 2.17. The Bertz CT molecular complexity index is 1080. The number of hydrazone groups is 1. The molecule has 6 nitrogen and oxygen atoms in total. The van der Waals surface area contributed by atoms with E-state index in [0.29, 0.717) is 29.0 Å². The molecule has 0 heterocycles. The summed E-state index contributed by atoms with van der Waals surface area (Å²) in [5.41, 5.74) is 5.68. The Balaban J connectivity index is 1.45. The molecular formula is C25H24ClN3O3. The van der Waals surface area contributed by atoms with Crippen molar-refractivity contribution in [3.05, 3.63) is 94.5 Å². The molecule has 0 unspecified atom stereocenters. The molecule has 3 aromatic carbocycles. The molecule has 0 fully saturated rings. The van der Waals surface area contributed by atoms with E-state index in [1.54, 1.807) is 36.4 Å². The van der Waals surface area contributed by atoms with Crippen LogP contribution in [0.3, 0.4) is 0 Å². The Morgan fingerprint density at radius 1 is 0.938 bits per heavy atom. The minimum absolute atomic E-state index is 0.390. The Morgan fingerprint density at radius 2 is 1.59 bits per heavy atom. The fourth-order valence-corrected chi connectivity index (χ4v) is 2.88. The van der Waals surface area contributed by atoms with Crippen LogP contribution >= 0.6 is 11.6 Å². The maximum Gasteiger partial charge on any atom is 0.329 e. The standard InChI is InChI=1S/C25H24ClN3O3/c1-17(2)20-7-11-22(12-8-20)28-24(30)25(31)29-27-15-18-5-13-23(14-6-18)32-16-19-3-9-21(26)10-4-19/h3-15,17H,16H2,1-2H3,(H,28,30)(H,29,31)/b27-15-. The van der Waals surface area contributed by atoms with Crippen molar-refractivity contribution in [1.29, 1.82) is 0 Å². The number of carbonyl (C=O) groups excluding carboxylic acids is 2. The van der Waals surface area contributed by atoms with Crippen molar-refractivity contribution in [1.82, 2.24) is 5.43 Å². The summed E-state index contributed by atoms with van der Waals surface area (Å²) in [5.74, 6) is -0.548. The van der Waals surface area contributed by atoms with Gasteiger partial charge in [0.25, 0.3) is 0 Å². The van der Waals surface area contributed by atoms with Crippen molar-refractivity contribution >= 4 is 35.3 Å². The average molecular weight is 450 g/mol. The number of nitrogens with zero attached hydrogens (tertiary/aromatic N) is 1. The molecule has 0 aromatic heterocycles. The molecule has 0 atom stereocenters. The zero-order valence-corrected chi connectivity index (χ0v) is 18.6. The first-order valence-electron chi connectivity index (χ1n) is 10.1. The van der Waals surface area contributed by atoms with Crippen LogP contribution in [-0.2, 0) is 16.2 Å².